The summed E-state index contributed by atoms with van der Waals surface area (Å²) in [5.74, 6) is -0.473. The van der Waals surface area contributed by atoms with Gasteiger partial charge in [-0.05, 0) is 5.92 Å². The molecule has 0 amide bonds. The lowest BCUT2D eigenvalue weighted by atomic mass is 10.1. The Labute approximate surface area is 69.4 Å². The van der Waals surface area contributed by atoms with Crippen LogP contribution >= 0.6 is 11.6 Å². The molecular formula is C7H8ClFN2. The third kappa shape index (κ3) is 1.66. The van der Waals surface area contributed by atoms with Crippen molar-refractivity contribution in [2.75, 3.05) is 0 Å². The molecule has 1 rings (SSSR count). The Morgan fingerprint density at radius 3 is 2.55 bits per heavy atom. The molecule has 0 spiro atoms. The predicted octanol–water partition coefficient (Wildman–Crippen LogP) is 2.39. The largest absolute Gasteiger partial charge is 0.238 e. The highest BCUT2D eigenvalue weighted by Crippen LogP contribution is 2.19. The van der Waals surface area contributed by atoms with E-state index in [1.807, 2.05) is 13.8 Å². The van der Waals surface area contributed by atoms with Crippen LogP contribution < -0.4 is 0 Å². The van der Waals surface area contributed by atoms with Gasteiger partial charge in [0.2, 0.25) is 0 Å². The van der Waals surface area contributed by atoms with Crippen LogP contribution in [0.15, 0.2) is 6.33 Å². The minimum absolute atomic E-state index is 0.0375. The van der Waals surface area contributed by atoms with Gasteiger partial charge in [0.1, 0.15) is 6.33 Å². The summed E-state index contributed by atoms with van der Waals surface area (Å²) >= 11 is 5.43. The Morgan fingerprint density at radius 2 is 2.09 bits per heavy atom. The molecule has 0 aliphatic rings. The van der Waals surface area contributed by atoms with Crippen LogP contribution in [0.3, 0.4) is 0 Å². The fourth-order valence-electron chi connectivity index (χ4n) is 0.763. The SMILES string of the molecule is CC(C)c1ncnc(Cl)c1F. The van der Waals surface area contributed by atoms with Crippen LogP contribution in [-0.2, 0) is 0 Å². The van der Waals surface area contributed by atoms with Crippen molar-refractivity contribution in [3.05, 3.63) is 23.0 Å². The normalized spacial score (nSPS) is 10.6. The number of nitrogens with zero attached hydrogens (tertiary/aromatic N) is 2. The van der Waals surface area contributed by atoms with E-state index in [9.17, 15) is 4.39 Å². The molecule has 0 bridgehead atoms. The summed E-state index contributed by atoms with van der Waals surface area (Å²) < 4.78 is 13.0. The van der Waals surface area contributed by atoms with E-state index >= 15 is 0 Å². The first kappa shape index (κ1) is 8.40. The van der Waals surface area contributed by atoms with Crippen molar-refractivity contribution in [1.82, 2.24) is 9.97 Å². The molecule has 0 fully saturated rings. The molecule has 0 radical (unpaired) electrons. The quantitative estimate of drug-likeness (QED) is 0.611. The zero-order valence-electron chi connectivity index (χ0n) is 6.31. The van der Waals surface area contributed by atoms with Gasteiger partial charge in [0.05, 0.1) is 5.69 Å². The first-order valence-corrected chi connectivity index (χ1v) is 3.66. The molecule has 0 saturated carbocycles. The van der Waals surface area contributed by atoms with Crippen LogP contribution in [0, 0.1) is 5.82 Å². The molecular weight excluding hydrogens is 167 g/mol. The van der Waals surface area contributed by atoms with Crippen LogP contribution in [0.1, 0.15) is 25.5 Å². The number of halogens is 2. The van der Waals surface area contributed by atoms with Gasteiger partial charge in [0.15, 0.2) is 11.0 Å². The molecule has 2 nitrogen and oxygen atoms in total. The van der Waals surface area contributed by atoms with Gasteiger partial charge in [-0.25, -0.2) is 14.4 Å². The summed E-state index contributed by atoms with van der Waals surface area (Å²) in [5.41, 5.74) is 0.366. The highest BCUT2D eigenvalue weighted by atomic mass is 35.5. The minimum Gasteiger partial charge on any atom is -0.238 e. The summed E-state index contributed by atoms with van der Waals surface area (Å²) in [6.45, 7) is 3.70. The number of hydrogen-bond acceptors (Lipinski definition) is 2. The molecule has 0 aliphatic heterocycles. The van der Waals surface area contributed by atoms with Crippen LogP contribution in [0.25, 0.3) is 0 Å². The molecule has 0 unspecified atom stereocenters. The van der Waals surface area contributed by atoms with Gasteiger partial charge in [-0.3, -0.25) is 0 Å². The van der Waals surface area contributed by atoms with Crippen molar-refractivity contribution in [3.63, 3.8) is 0 Å². The van der Waals surface area contributed by atoms with Gasteiger partial charge in [0.25, 0.3) is 0 Å². The van der Waals surface area contributed by atoms with E-state index in [0.717, 1.165) is 0 Å². The standard InChI is InChI=1S/C7H8ClFN2/c1-4(2)6-5(9)7(8)11-3-10-6/h3-4H,1-2H3. The zero-order valence-corrected chi connectivity index (χ0v) is 7.06. The summed E-state index contributed by atoms with van der Waals surface area (Å²) in [7, 11) is 0. The molecule has 4 heteroatoms. The second-order valence-electron chi connectivity index (χ2n) is 2.52. The predicted molar refractivity (Wildman–Crippen MR) is 41.1 cm³/mol. The Morgan fingerprint density at radius 1 is 1.45 bits per heavy atom. The second kappa shape index (κ2) is 3.13. The molecule has 1 heterocycles. The Kier molecular flexibility index (Phi) is 2.39. The maximum Gasteiger partial charge on any atom is 0.182 e. The van der Waals surface area contributed by atoms with Gasteiger partial charge >= 0.3 is 0 Å². The van der Waals surface area contributed by atoms with E-state index < -0.39 is 5.82 Å². The van der Waals surface area contributed by atoms with E-state index in [2.05, 4.69) is 9.97 Å². The highest BCUT2D eigenvalue weighted by Gasteiger charge is 2.11. The fraction of sp³-hybridized carbons (Fsp3) is 0.429. The molecule has 60 valence electrons. The second-order valence-corrected chi connectivity index (χ2v) is 2.88. The first-order valence-electron chi connectivity index (χ1n) is 3.28. The monoisotopic (exact) mass is 174 g/mol. The van der Waals surface area contributed by atoms with Crippen molar-refractivity contribution in [3.8, 4) is 0 Å². The van der Waals surface area contributed by atoms with Crippen molar-refractivity contribution in [1.29, 1.82) is 0 Å². The number of hydrogen-bond donors (Lipinski definition) is 0. The van der Waals surface area contributed by atoms with Crippen molar-refractivity contribution in [2.45, 2.75) is 19.8 Å². The molecule has 1 aromatic rings. The number of rotatable bonds is 1. The molecule has 0 aliphatic carbocycles. The summed E-state index contributed by atoms with van der Waals surface area (Å²) in [5, 5.41) is -0.108. The van der Waals surface area contributed by atoms with Gasteiger partial charge in [-0.15, -0.1) is 0 Å². The molecule has 0 saturated heterocycles. The van der Waals surface area contributed by atoms with Gasteiger partial charge in [-0.2, -0.15) is 0 Å². The molecule has 0 N–H and O–H groups in total. The highest BCUT2D eigenvalue weighted by molar-refractivity contribution is 6.29. The summed E-state index contributed by atoms with van der Waals surface area (Å²) in [4.78, 5) is 7.27. The fourth-order valence-corrected chi connectivity index (χ4v) is 0.904. The Balaban J connectivity index is 3.17. The van der Waals surface area contributed by atoms with Gasteiger partial charge in [-0.1, -0.05) is 25.4 Å². The molecule has 11 heavy (non-hydrogen) atoms. The molecule has 0 atom stereocenters. The van der Waals surface area contributed by atoms with Crippen LogP contribution in [0.4, 0.5) is 4.39 Å². The lowest BCUT2D eigenvalue weighted by Crippen LogP contribution is -1.99. The lowest BCUT2D eigenvalue weighted by molar-refractivity contribution is 0.577. The van der Waals surface area contributed by atoms with Crippen molar-refractivity contribution >= 4 is 11.6 Å². The summed E-state index contributed by atoms with van der Waals surface area (Å²) in [6, 6.07) is 0. The third-order valence-corrected chi connectivity index (χ3v) is 1.58. The Bertz CT molecular complexity index is 263. The van der Waals surface area contributed by atoms with E-state index in [0.29, 0.717) is 5.69 Å². The van der Waals surface area contributed by atoms with E-state index in [1.54, 1.807) is 0 Å². The average Bonchev–Trinajstić information content (AvgIpc) is 1.94. The van der Waals surface area contributed by atoms with Gasteiger partial charge in [0, 0.05) is 0 Å². The van der Waals surface area contributed by atoms with Crippen LogP contribution in [-0.4, -0.2) is 9.97 Å². The van der Waals surface area contributed by atoms with E-state index in [-0.39, 0.29) is 11.1 Å². The topological polar surface area (TPSA) is 25.8 Å². The molecule has 1 aromatic heterocycles. The Hall–Kier alpha value is -0.700. The van der Waals surface area contributed by atoms with Crippen LogP contribution in [0.2, 0.25) is 5.15 Å². The maximum absolute atomic E-state index is 13.0. The maximum atomic E-state index is 13.0. The van der Waals surface area contributed by atoms with Crippen molar-refractivity contribution < 1.29 is 4.39 Å². The van der Waals surface area contributed by atoms with E-state index in [4.69, 9.17) is 11.6 Å². The van der Waals surface area contributed by atoms with Gasteiger partial charge < -0.3 is 0 Å². The zero-order chi connectivity index (χ0) is 8.43. The third-order valence-electron chi connectivity index (χ3n) is 1.32. The van der Waals surface area contributed by atoms with Crippen molar-refractivity contribution in [2.24, 2.45) is 0 Å². The minimum atomic E-state index is -0.510. The van der Waals surface area contributed by atoms with E-state index in [1.165, 1.54) is 6.33 Å². The smallest absolute Gasteiger partial charge is 0.182 e. The number of aromatic nitrogens is 2. The first-order chi connectivity index (χ1) is 5.13. The molecule has 0 aromatic carbocycles. The average molecular weight is 175 g/mol. The van der Waals surface area contributed by atoms with Crippen LogP contribution in [0.5, 0.6) is 0 Å². The summed E-state index contributed by atoms with van der Waals surface area (Å²) in [6.07, 6.45) is 1.26. The lowest BCUT2D eigenvalue weighted by Gasteiger charge is -2.04.